The molecule has 0 spiro atoms. The Balaban J connectivity index is 1.47. The summed E-state index contributed by atoms with van der Waals surface area (Å²) in [4.78, 5) is 0. The largest absolute Gasteiger partial charge is 0.314 e. The van der Waals surface area contributed by atoms with E-state index < -0.39 is 0 Å². The lowest BCUT2D eigenvalue weighted by Crippen LogP contribution is -2.37. The number of nitrogens with zero attached hydrogens (tertiary/aromatic N) is 3. The van der Waals surface area contributed by atoms with E-state index in [4.69, 9.17) is 0 Å². The Hall–Kier alpha value is -0.900. The summed E-state index contributed by atoms with van der Waals surface area (Å²) in [5.74, 6) is 1.71. The molecular weight excluding hydrogens is 200 g/mol. The van der Waals surface area contributed by atoms with Crippen LogP contribution in [-0.2, 0) is 13.5 Å². The molecule has 1 heterocycles. The van der Waals surface area contributed by atoms with Crippen LogP contribution in [0, 0.1) is 11.8 Å². The van der Waals surface area contributed by atoms with Crippen LogP contribution in [0.15, 0.2) is 6.20 Å². The number of nitrogens with one attached hydrogen (secondary N) is 1. The topological polar surface area (TPSA) is 42.7 Å². The van der Waals surface area contributed by atoms with E-state index >= 15 is 0 Å². The van der Waals surface area contributed by atoms with Gasteiger partial charge in [-0.1, -0.05) is 5.21 Å². The third kappa shape index (κ3) is 2.26. The molecule has 88 valence electrons. The van der Waals surface area contributed by atoms with E-state index in [0.717, 1.165) is 30.0 Å². The lowest BCUT2D eigenvalue weighted by molar-refractivity contribution is 0.169. The number of hydrogen-bond donors (Lipinski definition) is 1. The standard InChI is InChI=1S/C12H20N4/c1-16-8-12(14-15-16)6-9-2-3-10(9)7-13-11-4-5-11/h8-11,13H,2-7H2,1H3. The van der Waals surface area contributed by atoms with Gasteiger partial charge in [0.1, 0.15) is 0 Å². The quantitative estimate of drug-likeness (QED) is 0.809. The van der Waals surface area contributed by atoms with Crippen molar-refractivity contribution in [3.8, 4) is 0 Å². The summed E-state index contributed by atoms with van der Waals surface area (Å²) in [5.41, 5.74) is 1.16. The maximum Gasteiger partial charge on any atom is 0.0829 e. The maximum absolute atomic E-state index is 4.17. The average molecular weight is 220 g/mol. The smallest absolute Gasteiger partial charge is 0.0829 e. The van der Waals surface area contributed by atoms with Crippen LogP contribution in [0.2, 0.25) is 0 Å². The summed E-state index contributed by atoms with van der Waals surface area (Å²) >= 11 is 0. The van der Waals surface area contributed by atoms with Crippen molar-refractivity contribution in [2.75, 3.05) is 6.54 Å². The molecule has 3 rings (SSSR count). The molecule has 2 unspecified atom stereocenters. The highest BCUT2D eigenvalue weighted by molar-refractivity contribution is 4.98. The molecule has 1 aromatic rings. The van der Waals surface area contributed by atoms with Crippen molar-refractivity contribution in [2.24, 2.45) is 18.9 Å². The molecule has 2 aliphatic carbocycles. The number of hydrogen-bond acceptors (Lipinski definition) is 3. The summed E-state index contributed by atoms with van der Waals surface area (Å²) in [6.07, 6.45) is 8.70. The zero-order valence-electron chi connectivity index (χ0n) is 9.89. The van der Waals surface area contributed by atoms with Crippen LogP contribution in [0.3, 0.4) is 0 Å². The van der Waals surface area contributed by atoms with Crippen molar-refractivity contribution >= 4 is 0 Å². The Kier molecular flexibility index (Phi) is 2.67. The van der Waals surface area contributed by atoms with Gasteiger partial charge < -0.3 is 5.32 Å². The van der Waals surface area contributed by atoms with Crippen LogP contribution in [0.5, 0.6) is 0 Å². The molecule has 2 saturated carbocycles. The second kappa shape index (κ2) is 4.17. The number of rotatable bonds is 5. The molecule has 2 fully saturated rings. The molecule has 0 saturated heterocycles. The van der Waals surface area contributed by atoms with Gasteiger partial charge in [-0.3, -0.25) is 4.68 Å². The molecule has 0 aromatic carbocycles. The first-order chi connectivity index (χ1) is 7.81. The summed E-state index contributed by atoms with van der Waals surface area (Å²) in [6.45, 7) is 1.22. The summed E-state index contributed by atoms with van der Waals surface area (Å²) in [5, 5.41) is 11.8. The maximum atomic E-state index is 4.17. The van der Waals surface area contributed by atoms with Crippen LogP contribution >= 0.6 is 0 Å². The summed E-state index contributed by atoms with van der Waals surface area (Å²) in [6, 6.07) is 0.845. The third-order valence-electron chi connectivity index (χ3n) is 3.94. The van der Waals surface area contributed by atoms with Gasteiger partial charge in [0.25, 0.3) is 0 Å². The fraction of sp³-hybridized carbons (Fsp3) is 0.833. The average Bonchev–Trinajstić information content (AvgIpc) is 2.97. The molecule has 1 N–H and O–H groups in total. The molecule has 16 heavy (non-hydrogen) atoms. The molecule has 4 nitrogen and oxygen atoms in total. The van der Waals surface area contributed by atoms with Crippen molar-refractivity contribution in [3.05, 3.63) is 11.9 Å². The number of aromatic nitrogens is 3. The molecule has 2 atom stereocenters. The molecule has 0 aliphatic heterocycles. The third-order valence-corrected chi connectivity index (χ3v) is 3.94. The van der Waals surface area contributed by atoms with Gasteiger partial charge in [0.05, 0.1) is 5.69 Å². The predicted molar refractivity (Wildman–Crippen MR) is 61.9 cm³/mol. The van der Waals surface area contributed by atoms with Crippen LogP contribution in [0.25, 0.3) is 0 Å². The van der Waals surface area contributed by atoms with Gasteiger partial charge in [0.15, 0.2) is 0 Å². The Morgan fingerprint density at radius 3 is 2.69 bits per heavy atom. The van der Waals surface area contributed by atoms with Crippen LogP contribution in [0.1, 0.15) is 31.4 Å². The van der Waals surface area contributed by atoms with Crippen LogP contribution in [0.4, 0.5) is 0 Å². The zero-order valence-corrected chi connectivity index (χ0v) is 9.89. The highest BCUT2D eigenvalue weighted by atomic mass is 15.4. The molecule has 0 bridgehead atoms. The molecule has 0 amide bonds. The van der Waals surface area contributed by atoms with E-state index in [9.17, 15) is 0 Å². The minimum atomic E-state index is 0.836. The monoisotopic (exact) mass is 220 g/mol. The second-order valence-electron chi connectivity index (χ2n) is 5.37. The summed E-state index contributed by atoms with van der Waals surface area (Å²) in [7, 11) is 1.93. The van der Waals surface area contributed by atoms with Crippen molar-refractivity contribution in [2.45, 2.75) is 38.1 Å². The first-order valence-electron chi connectivity index (χ1n) is 6.40. The highest BCUT2D eigenvalue weighted by Crippen LogP contribution is 2.36. The molecular formula is C12H20N4. The van der Waals surface area contributed by atoms with Crippen molar-refractivity contribution in [1.82, 2.24) is 20.3 Å². The molecule has 2 aliphatic rings. The highest BCUT2D eigenvalue weighted by Gasteiger charge is 2.32. The Labute approximate surface area is 96.4 Å². The van der Waals surface area contributed by atoms with Crippen molar-refractivity contribution in [1.29, 1.82) is 0 Å². The normalized spacial score (nSPS) is 29.1. The zero-order chi connectivity index (χ0) is 11.0. The Morgan fingerprint density at radius 2 is 2.12 bits per heavy atom. The van der Waals surface area contributed by atoms with Gasteiger partial charge in [-0.05, 0) is 50.5 Å². The van der Waals surface area contributed by atoms with Gasteiger partial charge in [0, 0.05) is 19.3 Å². The van der Waals surface area contributed by atoms with Gasteiger partial charge in [-0.25, -0.2) is 0 Å². The van der Waals surface area contributed by atoms with E-state index in [0.29, 0.717) is 0 Å². The van der Waals surface area contributed by atoms with Crippen LogP contribution < -0.4 is 5.32 Å². The second-order valence-corrected chi connectivity index (χ2v) is 5.37. The van der Waals surface area contributed by atoms with E-state index in [-0.39, 0.29) is 0 Å². The lowest BCUT2D eigenvalue weighted by Gasteiger charge is -2.36. The molecule has 1 aromatic heterocycles. The predicted octanol–water partition coefficient (Wildman–Crippen LogP) is 1.14. The Morgan fingerprint density at radius 1 is 1.31 bits per heavy atom. The van der Waals surface area contributed by atoms with E-state index in [2.05, 4.69) is 15.6 Å². The minimum Gasteiger partial charge on any atom is -0.314 e. The first kappa shape index (κ1) is 10.3. The minimum absolute atomic E-state index is 0.836. The first-order valence-corrected chi connectivity index (χ1v) is 6.40. The van der Waals surface area contributed by atoms with Gasteiger partial charge >= 0.3 is 0 Å². The molecule has 0 radical (unpaired) electrons. The van der Waals surface area contributed by atoms with Crippen molar-refractivity contribution < 1.29 is 0 Å². The van der Waals surface area contributed by atoms with E-state index in [1.165, 1.54) is 32.2 Å². The fourth-order valence-electron chi connectivity index (χ4n) is 2.54. The fourth-order valence-corrected chi connectivity index (χ4v) is 2.54. The van der Waals surface area contributed by atoms with Gasteiger partial charge in [0.2, 0.25) is 0 Å². The SMILES string of the molecule is Cn1cc(CC2CCC2CNC2CC2)nn1. The lowest BCUT2D eigenvalue weighted by atomic mass is 9.71. The molecule has 4 heteroatoms. The van der Waals surface area contributed by atoms with Gasteiger partial charge in [-0.2, -0.15) is 0 Å². The van der Waals surface area contributed by atoms with E-state index in [1.807, 2.05) is 13.2 Å². The Bertz CT molecular complexity index is 356. The van der Waals surface area contributed by atoms with Gasteiger partial charge in [-0.15, -0.1) is 5.10 Å². The summed E-state index contributed by atoms with van der Waals surface area (Å²) < 4.78 is 1.80. The van der Waals surface area contributed by atoms with E-state index in [1.54, 1.807) is 4.68 Å². The number of aryl methyl sites for hydroxylation is 1. The van der Waals surface area contributed by atoms with Crippen LogP contribution in [-0.4, -0.2) is 27.6 Å². The van der Waals surface area contributed by atoms with Crippen molar-refractivity contribution in [3.63, 3.8) is 0 Å².